The van der Waals surface area contributed by atoms with Crippen molar-refractivity contribution in [2.45, 2.75) is 53.4 Å². The second kappa shape index (κ2) is 12.4. The molecule has 0 aromatic carbocycles. The summed E-state index contributed by atoms with van der Waals surface area (Å²) in [6.45, 7) is 12.3. The lowest BCUT2D eigenvalue weighted by atomic mass is 10.1. The summed E-state index contributed by atoms with van der Waals surface area (Å²) in [7, 11) is 0. The maximum absolute atomic E-state index is 3.48. The van der Waals surface area contributed by atoms with Gasteiger partial charge in [0.15, 0.2) is 0 Å². The molecule has 0 spiro atoms. The summed E-state index contributed by atoms with van der Waals surface area (Å²) in [5.41, 5.74) is 0. The largest absolute Gasteiger partial charge is 0.103 e. The molecule has 0 fully saturated rings. The van der Waals surface area contributed by atoms with E-state index in [9.17, 15) is 0 Å². The third-order valence-corrected chi connectivity index (χ3v) is 1.42. The number of unbranched alkanes of at least 4 members (excludes halogenated alkanes) is 1. The summed E-state index contributed by atoms with van der Waals surface area (Å²) in [4.78, 5) is 0. The lowest BCUT2D eigenvalue weighted by Crippen LogP contribution is -1.83. The molecule has 0 nitrogen and oxygen atoms in total. The molecule has 0 saturated heterocycles. The lowest BCUT2D eigenvalue weighted by molar-refractivity contribution is 0.550. The predicted molar refractivity (Wildman–Crippen MR) is 54.9 cm³/mol. The molecule has 0 aromatic rings. The van der Waals surface area contributed by atoms with Crippen LogP contribution in [0.1, 0.15) is 53.4 Å². The van der Waals surface area contributed by atoms with Crippen molar-refractivity contribution in [2.24, 2.45) is 5.92 Å². The highest BCUT2D eigenvalue weighted by Gasteiger charge is 1.88. The van der Waals surface area contributed by atoms with Gasteiger partial charge in [0, 0.05) is 0 Å². The van der Waals surface area contributed by atoms with Gasteiger partial charge < -0.3 is 0 Å². The highest BCUT2D eigenvalue weighted by atomic mass is 13.9. The van der Waals surface area contributed by atoms with Crippen LogP contribution in [0.25, 0.3) is 0 Å². The molecule has 0 aliphatic carbocycles. The van der Waals surface area contributed by atoms with Crippen LogP contribution in [0.4, 0.5) is 0 Å². The van der Waals surface area contributed by atoms with Crippen LogP contribution in [0.3, 0.4) is 0 Å². The van der Waals surface area contributed by atoms with E-state index >= 15 is 0 Å². The fraction of sp³-hybridized carbons (Fsp3) is 0.818. The zero-order valence-electron chi connectivity index (χ0n) is 8.69. The molecule has 0 rings (SSSR count). The third kappa shape index (κ3) is 26.0. The Kier molecular flexibility index (Phi) is 15.1. The Hall–Kier alpha value is -0.260. The summed E-state index contributed by atoms with van der Waals surface area (Å²) in [6.07, 6.45) is 7.10. The van der Waals surface area contributed by atoms with Crippen molar-refractivity contribution in [3.8, 4) is 0 Å². The van der Waals surface area contributed by atoms with E-state index in [0.29, 0.717) is 0 Å². The third-order valence-electron chi connectivity index (χ3n) is 1.42. The maximum atomic E-state index is 3.48. The van der Waals surface area contributed by atoms with Gasteiger partial charge in [0.2, 0.25) is 0 Å². The number of hydrogen-bond donors (Lipinski definition) is 0. The molecule has 0 heterocycles. The van der Waals surface area contributed by atoms with Crippen LogP contribution in [-0.4, -0.2) is 0 Å². The first-order chi connectivity index (χ1) is 5.18. The summed E-state index contributed by atoms with van der Waals surface area (Å²) in [5.74, 6) is 0.903. The molecule has 0 aromatic heterocycles. The van der Waals surface area contributed by atoms with E-state index in [4.69, 9.17) is 0 Å². The lowest BCUT2D eigenvalue weighted by Gasteiger charge is -1.98. The van der Waals surface area contributed by atoms with E-state index in [1.807, 2.05) is 6.08 Å². The van der Waals surface area contributed by atoms with Gasteiger partial charge in [-0.1, -0.05) is 53.0 Å². The zero-order valence-corrected chi connectivity index (χ0v) is 8.69. The molecule has 0 aliphatic heterocycles. The molecule has 0 amide bonds. The summed E-state index contributed by atoms with van der Waals surface area (Å²) in [6, 6.07) is 0. The van der Waals surface area contributed by atoms with Gasteiger partial charge in [-0.2, -0.15) is 0 Å². The first kappa shape index (κ1) is 13.3. The van der Waals surface area contributed by atoms with Crippen LogP contribution in [0, 0.1) is 5.92 Å². The molecule has 68 valence electrons. The summed E-state index contributed by atoms with van der Waals surface area (Å²) in [5, 5.41) is 0. The molecule has 0 aliphatic rings. The first-order valence-electron chi connectivity index (χ1n) is 4.79. The minimum absolute atomic E-state index is 0.903. The minimum Gasteiger partial charge on any atom is -0.103 e. The van der Waals surface area contributed by atoms with Crippen molar-refractivity contribution >= 4 is 0 Å². The monoisotopic (exact) mass is 156 g/mol. The van der Waals surface area contributed by atoms with E-state index in [-0.39, 0.29) is 0 Å². The van der Waals surface area contributed by atoms with Crippen molar-refractivity contribution in [1.82, 2.24) is 0 Å². The van der Waals surface area contributed by atoms with Gasteiger partial charge in [-0.25, -0.2) is 0 Å². The van der Waals surface area contributed by atoms with E-state index in [0.717, 1.165) is 12.3 Å². The molecule has 0 heteroatoms. The predicted octanol–water partition coefficient (Wildman–Crippen LogP) is 4.42. The van der Waals surface area contributed by atoms with Gasteiger partial charge in [0.05, 0.1) is 0 Å². The maximum Gasteiger partial charge on any atom is -0.0382 e. The van der Waals surface area contributed by atoms with Gasteiger partial charge in [0.25, 0.3) is 0 Å². The SMILES string of the molecule is C=CCC.CCCCC(C)C. The molecule has 0 atom stereocenters. The van der Waals surface area contributed by atoms with E-state index in [1.165, 1.54) is 19.3 Å². The second-order valence-corrected chi connectivity index (χ2v) is 3.23. The van der Waals surface area contributed by atoms with Crippen LogP contribution < -0.4 is 0 Å². The average molecular weight is 156 g/mol. The number of hydrogen-bond acceptors (Lipinski definition) is 0. The van der Waals surface area contributed by atoms with Crippen molar-refractivity contribution in [3.63, 3.8) is 0 Å². The quantitative estimate of drug-likeness (QED) is 0.529. The van der Waals surface area contributed by atoms with E-state index in [2.05, 4.69) is 34.3 Å². The van der Waals surface area contributed by atoms with E-state index < -0.39 is 0 Å². The highest BCUT2D eigenvalue weighted by molar-refractivity contribution is 4.60. The van der Waals surface area contributed by atoms with Gasteiger partial charge in [-0.15, -0.1) is 6.58 Å². The fourth-order valence-corrected chi connectivity index (χ4v) is 0.612. The molecule has 0 bridgehead atoms. The molecule has 0 radical (unpaired) electrons. The van der Waals surface area contributed by atoms with Crippen LogP contribution in [0.5, 0.6) is 0 Å². The normalized spacial score (nSPS) is 8.82. The Balaban J connectivity index is 0. The summed E-state index contributed by atoms with van der Waals surface area (Å²) < 4.78 is 0. The molecular formula is C11H24. The zero-order chi connectivity index (χ0) is 9.11. The first-order valence-corrected chi connectivity index (χ1v) is 4.79. The van der Waals surface area contributed by atoms with Gasteiger partial charge in [-0.05, 0) is 12.3 Å². The topological polar surface area (TPSA) is 0 Å². The minimum atomic E-state index is 0.903. The standard InChI is InChI=1S/C7H16.C4H8/c1-4-5-6-7(2)3;1-3-4-2/h7H,4-6H2,1-3H3;3H,1,4H2,2H3. The fourth-order valence-electron chi connectivity index (χ4n) is 0.612. The van der Waals surface area contributed by atoms with Crippen LogP contribution >= 0.6 is 0 Å². The number of rotatable bonds is 4. The Bertz CT molecular complexity index is 62.4. The Morgan fingerprint density at radius 2 is 1.73 bits per heavy atom. The Labute approximate surface area is 72.7 Å². The van der Waals surface area contributed by atoms with Crippen molar-refractivity contribution in [3.05, 3.63) is 12.7 Å². The smallest absolute Gasteiger partial charge is 0.0382 e. The molecule has 0 N–H and O–H groups in total. The number of allylic oxidation sites excluding steroid dienone is 1. The molecule has 0 unspecified atom stereocenters. The van der Waals surface area contributed by atoms with Crippen molar-refractivity contribution in [2.75, 3.05) is 0 Å². The average Bonchev–Trinajstić information content (AvgIpc) is 2.01. The van der Waals surface area contributed by atoms with Crippen molar-refractivity contribution in [1.29, 1.82) is 0 Å². The van der Waals surface area contributed by atoms with Gasteiger partial charge in [0.1, 0.15) is 0 Å². The van der Waals surface area contributed by atoms with Crippen LogP contribution in [0.15, 0.2) is 12.7 Å². The van der Waals surface area contributed by atoms with E-state index in [1.54, 1.807) is 0 Å². The summed E-state index contributed by atoms with van der Waals surface area (Å²) >= 11 is 0. The van der Waals surface area contributed by atoms with Crippen LogP contribution in [0.2, 0.25) is 0 Å². The highest BCUT2D eigenvalue weighted by Crippen LogP contribution is 2.04. The Morgan fingerprint density at radius 1 is 1.27 bits per heavy atom. The second-order valence-electron chi connectivity index (χ2n) is 3.23. The van der Waals surface area contributed by atoms with Gasteiger partial charge in [-0.3, -0.25) is 0 Å². The molecular weight excluding hydrogens is 132 g/mol. The van der Waals surface area contributed by atoms with Gasteiger partial charge >= 0.3 is 0 Å². The molecule has 0 saturated carbocycles. The van der Waals surface area contributed by atoms with Crippen molar-refractivity contribution < 1.29 is 0 Å². The Morgan fingerprint density at radius 3 is 1.82 bits per heavy atom. The molecule has 11 heavy (non-hydrogen) atoms. The van der Waals surface area contributed by atoms with Crippen LogP contribution in [-0.2, 0) is 0 Å².